The highest BCUT2D eigenvalue weighted by Crippen LogP contribution is 2.20. The van der Waals surface area contributed by atoms with Gasteiger partial charge in [-0.15, -0.1) is 0 Å². The number of nitrogens with one attached hydrogen (secondary N) is 3. The molecule has 0 aromatic heterocycles. The van der Waals surface area contributed by atoms with Gasteiger partial charge in [-0.1, -0.05) is 26.8 Å². The molecule has 21 heavy (non-hydrogen) atoms. The van der Waals surface area contributed by atoms with Gasteiger partial charge in [-0.2, -0.15) is 0 Å². The fourth-order valence-corrected chi connectivity index (χ4v) is 2.13. The minimum absolute atomic E-state index is 0.0215. The molecule has 5 nitrogen and oxygen atoms in total. The first-order valence-corrected chi connectivity index (χ1v) is 7.32. The molecule has 114 valence electrons. The van der Waals surface area contributed by atoms with Crippen molar-refractivity contribution in [3.05, 3.63) is 24.3 Å². The SMILES string of the molecule is CC(C)(C)C(=O)Nc1cccc(NC(=O)C2CCCN2)c1. The summed E-state index contributed by atoms with van der Waals surface area (Å²) in [6.07, 6.45) is 1.89. The first-order valence-electron chi connectivity index (χ1n) is 7.32. The number of hydrogen-bond donors (Lipinski definition) is 3. The van der Waals surface area contributed by atoms with Crippen LogP contribution in [0, 0.1) is 5.41 Å². The van der Waals surface area contributed by atoms with Gasteiger partial charge in [0, 0.05) is 16.8 Å². The molecule has 2 rings (SSSR count). The standard InChI is InChI=1S/C16H23N3O2/c1-16(2,3)15(21)19-12-7-4-6-11(10-12)18-14(20)13-8-5-9-17-13/h4,6-7,10,13,17H,5,8-9H2,1-3H3,(H,18,20)(H,19,21). The van der Waals surface area contributed by atoms with Crippen LogP contribution < -0.4 is 16.0 Å². The number of hydrogen-bond acceptors (Lipinski definition) is 3. The van der Waals surface area contributed by atoms with E-state index in [4.69, 9.17) is 0 Å². The quantitative estimate of drug-likeness (QED) is 0.800. The first kappa shape index (κ1) is 15.5. The average molecular weight is 289 g/mol. The Balaban J connectivity index is 2.00. The molecular weight excluding hydrogens is 266 g/mol. The second kappa shape index (κ2) is 6.26. The van der Waals surface area contributed by atoms with Crippen molar-refractivity contribution in [2.45, 2.75) is 39.7 Å². The minimum Gasteiger partial charge on any atom is -0.326 e. The molecule has 1 atom stereocenters. The zero-order valence-corrected chi connectivity index (χ0v) is 12.8. The van der Waals surface area contributed by atoms with Crippen LogP contribution in [0.15, 0.2) is 24.3 Å². The summed E-state index contributed by atoms with van der Waals surface area (Å²) in [6.45, 7) is 6.47. The van der Waals surface area contributed by atoms with Crippen LogP contribution in [0.3, 0.4) is 0 Å². The highest BCUT2D eigenvalue weighted by molar-refractivity contribution is 5.97. The topological polar surface area (TPSA) is 70.2 Å². The third-order valence-electron chi connectivity index (χ3n) is 3.45. The lowest BCUT2D eigenvalue weighted by atomic mass is 9.95. The minimum atomic E-state index is -0.451. The summed E-state index contributed by atoms with van der Waals surface area (Å²) in [6, 6.07) is 7.11. The van der Waals surface area contributed by atoms with E-state index >= 15 is 0 Å². The van der Waals surface area contributed by atoms with Gasteiger partial charge in [-0.3, -0.25) is 9.59 Å². The molecule has 1 heterocycles. The van der Waals surface area contributed by atoms with Crippen molar-refractivity contribution in [3.63, 3.8) is 0 Å². The summed E-state index contributed by atoms with van der Waals surface area (Å²) in [5.74, 6) is -0.0739. The van der Waals surface area contributed by atoms with Crippen molar-refractivity contribution in [3.8, 4) is 0 Å². The smallest absolute Gasteiger partial charge is 0.241 e. The van der Waals surface area contributed by atoms with Gasteiger partial charge in [0.15, 0.2) is 0 Å². The van der Waals surface area contributed by atoms with E-state index in [9.17, 15) is 9.59 Å². The molecular formula is C16H23N3O2. The van der Waals surface area contributed by atoms with Crippen LogP contribution in [0.4, 0.5) is 11.4 Å². The Morgan fingerprint density at radius 2 is 1.86 bits per heavy atom. The molecule has 0 spiro atoms. The van der Waals surface area contributed by atoms with Crippen LogP contribution >= 0.6 is 0 Å². The van der Waals surface area contributed by atoms with E-state index in [1.54, 1.807) is 6.07 Å². The van der Waals surface area contributed by atoms with E-state index in [0.29, 0.717) is 11.4 Å². The zero-order valence-electron chi connectivity index (χ0n) is 12.8. The summed E-state index contributed by atoms with van der Waals surface area (Å²) in [4.78, 5) is 24.0. The second-order valence-electron chi connectivity index (χ2n) is 6.42. The van der Waals surface area contributed by atoms with Crippen molar-refractivity contribution < 1.29 is 9.59 Å². The molecule has 1 aliphatic heterocycles. The number of benzene rings is 1. The Bertz CT molecular complexity index is 529. The summed E-state index contributed by atoms with van der Waals surface area (Å²) < 4.78 is 0. The van der Waals surface area contributed by atoms with Crippen molar-refractivity contribution >= 4 is 23.2 Å². The lowest BCUT2D eigenvalue weighted by Crippen LogP contribution is -2.35. The third-order valence-corrected chi connectivity index (χ3v) is 3.45. The van der Waals surface area contributed by atoms with Crippen LogP contribution in [0.1, 0.15) is 33.6 Å². The Morgan fingerprint density at radius 3 is 2.43 bits per heavy atom. The monoisotopic (exact) mass is 289 g/mol. The van der Waals surface area contributed by atoms with Gasteiger partial charge in [-0.05, 0) is 37.6 Å². The molecule has 2 amide bonds. The molecule has 1 fully saturated rings. The lowest BCUT2D eigenvalue weighted by Gasteiger charge is -2.18. The average Bonchev–Trinajstić information content (AvgIpc) is 2.91. The van der Waals surface area contributed by atoms with E-state index in [2.05, 4.69) is 16.0 Å². The molecule has 3 N–H and O–H groups in total. The highest BCUT2D eigenvalue weighted by Gasteiger charge is 2.23. The van der Waals surface area contributed by atoms with E-state index < -0.39 is 5.41 Å². The van der Waals surface area contributed by atoms with E-state index in [1.165, 1.54) is 0 Å². The number of carbonyl (C=O) groups is 2. The molecule has 0 bridgehead atoms. The molecule has 5 heteroatoms. The Kier molecular flexibility index (Phi) is 4.63. The number of amides is 2. The van der Waals surface area contributed by atoms with Gasteiger partial charge in [0.2, 0.25) is 11.8 Å². The first-order chi connectivity index (χ1) is 9.86. The van der Waals surface area contributed by atoms with Crippen molar-refractivity contribution in [2.24, 2.45) is 5.41 Å². The van der Waals surface area contributed by atoms with Gasteiger partial charge < -0.3 is 16.0 Å². The predicted octanol–water partition coefficient (Wildman–Crippen LogP) is 2.36. The maximum absolute atomic E-state index is 12.0. The van der Waals surface area contributed by atoms with Crippen molar-refractivity contribution in [1.82, 2.24) is 5.32 Å². The largest absolute Gasteiger partial charge is 0.326 e. The Labute approximate surface area is 125 Å². The van der Waals surface area contributed by atoms with Crippen LogP contribution in [0.25, 0.3) is 0 Å². The van der Waals surface area contributed by atoms with Crippen molar-refractivity contribution in [1.29, 1.82) is 0 Å². The van der Waals surface area contributed by atoms with Gasteiger partial charge in [-0.25, -0.2) is 0 Å². The molecule has 0 saturated carbocycles. The highest BCUT2D eigenvalue weighted by atomic mass is 16.2. The molecule has 1 aromatic rings. The summed E-state index contributed by atoms with van der Waals surface area (Å²) in [5.41, 5.74) is 0.931. The second-order valence-corrected chi connectivity index (χ2v) is 6.42. The van der Waals surface area contributed by atoms with E-state index in [0.717, 1.165) is 19.4 Å². The lowest BCUT2D eigenvalue weighted by molar-refractivity contribution is -0.123. The number of carbonyl (C=O) groups excluding carboxylic acids is 2. The summed E-state index contributed by atoms with van der Waals surface area (Å²) in [7, 11) is 0. The molecule has 1 saturated heterocycles. The van der Waals surface area contributed by atoms with E-state index in [1.807, 2.05) is 39.0 Å². The van der Waals surface area contributed by atoms with Crippen LogP contribution in [-0.2, 0) is 9.59 Å². The Hall–Kier alpha value is -1.88. The van der Waals surface area contributed by atoms with E-state index in [-0.39, 0.29) is 17.9 Å². The van der Waals surface area contributed by atoms with Crippen LogP contribution in [-0.4, -0.2) is 24.4 Å². The summed E-state index contributed by atoms with van der Waals surface area (Å²) in [5, 5.41) is 8.90. The maximum Gasteiger partial charge on any atom is 0.241 e. The molecule has 0 aliphatic carbocycles. The number of anilines is 2. The number of rotatable bonds is 3. The third kappa shape index (κ3) is 4.29. The Morgan fingerprint density at radius 1 is 1.19 bits per heavy atom. The normalized spacial score (nSPS) is 18.3. The molecule has 0 radical (unpaired) electrons. The van der Waals surface area contributed by atoms with Gasteiger partial charge in [0.05, 0.1) is 6.04 Å². The molecule has 1 unspecified atom stereocenters. The molecule has 1 aromatic carbocycles. The van der Waals surface area contributed by atoms with Gasteiger partial charge >= 0.3 is 0 Å². The predicted molar refractivity (Wildman–Crippen MR) is 84.2 cm³/mol. The van der Waals surface area contributed by atoms with Gasteiger partial charge in [0.25, 0.3) is 0 Å². The van der Waals surface area contributed by atoms with Crippen molar-refractivity contribution in [2.75, 3.05) is 17.2 Å². The van der Waals surface area contributed by atoms with Crippen LogP contribution in [0.5, 0.6) is 0 Å². The van der Waals surface area contributed by atoms with Crippen LogP contribution in [0.2, 0.25) is 0 Å². The fourth-order valence-electron chi connectivity index (χ4n) is 2.13. The molecule has 1 aliphatic rings. The zero-order chi connectivity index (χ0) is 15.5. The summed E-state index contributed by atoms with van der Waals surface area (Å²) >= 11 is 0. The maximum atomic E-state index is 12.0. The van der Waals surface area contributed by atoms with Gasteiger partial charge in [0.1, 0.15) is 0 Å². The fraction of sp³-hybridized carbons (Fsp3) is 0.500.